The molecule has 0 spiro atoms. The molecule has 1 amide bonds. The van der Waals surface area contributed by atoms with Crippen molar-refractivity contribution in [1.29, 1.82) is 0 Å². The van der Waals surface area contributed by atoms with E-state index in [9.17, 15) is 9.59 Å². The number of carbonyl (C=O) groups excluding carboxylic acids is 1. The molecule has 0 radical (unpaired) electrons. The fourth-order valence-electron chi connectivity index (χ4n) is 3.86. The molecule has 13 nitrogen and oxygen atoms in total. The SMILES string of the molecule is CC(C)(C)OC(=O)N1CCN(c2nc3cc(OCc4ccc(OCCOCCOCC(=O)O)cn4)ccc3o2)CC1. The molecule has 4 rings (SSSR count). The molecule has 1 fully saturated rings. The Labute approximate surface area is 237 Å². The maximum absolute atomic E-state index is 12.3. The van der Waals surface area contributed by atoms with Gasteiger partial charge in [-0.15, -0.1) is 0 Å². The molecule has 3 heterocycles. The molecule has 2 aromatic heterocycles. The molecule has 1 N–H and O–H groups in total. The number of amides is 1. The lowest BCUT2D eigenvalue weighted by Crippen LogP contribution is -2.50. The summed E-state index contributed by atoms with van der Waals surface area (Å²) in [6.07, 6.45) is 1.31. The van der Waals surface area contributed by atoms with Crippen LogP contribution >= 0.6 is 0 Å². The van der Waals surface area contributed by atoms with Crippen LogP contribution < -0.4 is 14.4 Å². The summed E-state index contributed by atoms with van der Waals surface area (Å²) < 4.78 is 33.1. The van der Waals surface area contributed by atoms with Gasteiger partial charge in [0.25, 0.3) is 6.01 Å². The summed E-state index contributed by atoms with van der Waals surface area (Å²) in [5.41, 5.74) is 1.54. The zero-order chi connectivity index (χ0) is 29.2. The Morgan fingerprint density at radius 1 is 0.951 bits per heavy atom. The first-order chi connectivity index (χ1) is 19.7. The molecule has 0 unspecified atom stereocenters. The van der Waals surface area contributed by atoms with Crippen molar-refractivity contribution >= 4 is 29.2 Å². The number of oxazole rings is 1. The van der Waals surface area contributed by atoms with Crippen molar-refractivity contribution < 1.29 is 42.8 Å². The highest BCUT2D eigenvalue weighted by atomic mass is 16.6. The number of benzene rings is 1. The lowest BCUT2D eigenvalue weighted by molar-refractivity contribution is -0.142. The number of aliphatic carboxylic acids is 1. The van der Waals surface area contributed by atoms with Crippen molar-refractivity contribution in [3.8, 4) is 11.5 Å². The molecule has 0 bridgehead atoms. The Morgan fingerprint density at radius 2 is 1.68 bits per heavy atom. The highest BCUT2D eigenvalue weighted by Gasteiger charge is 2.27. The fourth-order valence-corrected chi connectivity index (χ4v) is 3.86. The van der Waals surface area contributed by atoms with Gasteiger partial charge in [-0.1, -0.05) is 0 Å². The Bertz CT molecular complexity index is 1280. The van der Waals surface area contributed by atoms with Crippen molar-refractivity contribution in [2.75, 3.05) is 64.1 Å². The molecule has 0 atom stereocenters. The lowest BCUT2D eigenvalue weighted by Gasteiger charge is -2.34. The third-order valence-electron chi connectivity index (χ3n) is 5.83. The lowest BCUT2D eigenvalue weighted by atomic mass is 10.2. The number of fused-ring (bicyclic) bond motifs is 1. The minimum Gasteiger partial charge on any atom is -0.490 e. The van der Waals surface area contributed by atoms with Crippen LogP contribution in [-0.4, -0.2) is 96.9 Å². The van der Waals surface area contributed by atoms with Gasteiger partial charge in [0, 0.05) is 32.2 Å². The van der Waals surface area contributed by atoms with Gasteiger partial charge in [0.2, 0.25) is 0 Å². The van der Waals surface area contributed by atoms with Crippen LogP contribution in [0.25, 0.3) is 11.1 Å². The Balaban J connectivity index is 1.19. The topological polar surface area (TPSA) is 146 Å². The third kappa shape index (κ3) is 9.50. The molecule has 1 aliphatic rings. The summed E-state index contributed by atoms with van der Waals surface area (Å²) in [6.45, 7) is 8.91. The van der Waals surface area contributed by atoms with Crippen LogP contribution in [0.4, 0.5) is 10.8 Å². The average Bonchev–Trinajstić information content (AvgIpc) is 3.36. The van der Waals surface area contributed by atoms with Gasteiger partial charge in [-0.2, -0.15) is 4.98 Å². The smallest absolute Gasteiger partial charge is 0.410 e. The molecule has 1 aliphatic heterocycles. The summed E-state index contributed by atoms with van der Waals surface area (Å²) in [4.78, 5) is 35.4. The number of carboxylic acid groups (broad SMARTS) is 1. The van der Waals surface area contributed by atoms with E-state index < -0.39 is 11.6 Å². The van der Waals surface area contributed by atoms with E-state index in [-0.39, 0.29) is 25.9 Å². The van der Waals surface area contributed by atoms with Crippen LogP contribution in [-0.2, 0) is 25.6 Å². The fraction of sp³-hybridized carbons (Fsp3) is 0.500. The number of ether oxygens (including phenoxy) is 5. The van der Waals surface area contributed by atoms with E-state index in [1.807, 2.05) is 49.9 Å². The van der Waals surface area contributed by atoms with E-state index in [1.165, 1.54) is 0 Å². The molecule has 41 heavy (non-hydrogen) atoms. The summed E-state index contributed by atoms with van der Waals surface area (Å²) in [5, 5.41) is 8.49. The molecule has 0 saturated carbocycles. The second kappa shape index (κ2) is 14.0. The number of piperazine rings is 1. The molecule has 1 aromatic carbocycles. The van der Waals surface area contributed by atoms with Gasteiger partial charge in [-0.3, -0.25) is 4.98 Å². The van der Waals surface area contributed by atoms with Crippen molar-refractivity contribution in [2.45, 2.75) is 33.0 Å². The summed E-state index contributed by atoms with van der Waals surface area (Å²) in [5.74, 6) is 0.228. The summed E-state index contributed by atoms with van der Waals surface area (Å²) in [6, 6.07) is 9.60. The van der Waals surface area contributed by atoms with Crippen molar-refractivity contribution in [3.05, 3.63) is 42.2 Å². The van der Waals surface area contributed by atoms with Crippen LogP contribution in [0.2, 0.25) is 0 Å². The van der Waals surface area contributed by atoms with Crippen LogP contribution in [0.3, 0.4) is 0 Å². The van der Waals surface area contributed by atoms with Gasteiger partial charge in [-0.05, 0) is 45.0 Å². The normalized spacial score (nSPS) is 13.8. The Kier molecular flexibility index (Phi) is 10.2. The quantitative estimate of drug-likeness (QED) is 0.300. The van der Waals surface area contributed by atoms with Gasteiger partial charge in [0.1, 0.15) is 42.4 Å². The predicted octanol–water partition coefficient (Wildman–Crippen LogP) is 3.36. The van der Waals surface area contributed by atoms with Crippen molar-refractivity contribution in [1.82, 2.24) is 14.9 Å². The molecule has 222 valence electrons. The monoisotopic (exact) mass is 572 g/mol. The van der Waals surface area contributed by atoms with E-state index in [0.717, 1.165) is 5.69 Å². The van der Waals surface area contributed by atoms with Gasteiger partial charge < -0.3 is 43.0 Å². The van der Waals surface area contributed by atoms with Gasteiger partial charge in [-0.25, -0.2) is 9.59 Å². The maximum atomic E-state index is 12.3. The van der Waals surface area contributed by atoms with Crippen LogP contribution in [0.5, 0.6) is 11.5 Å². The number of hydrogen-bond acceptors (Lipinski definition) is 11. The van der Waals surface area contributed by atoms with Crippen LogP contribution in [0.15, 0.2) is 40.9 Å². The second-order valence-corrected chi connectivity index (χ2v) is 10.3. The summed E-state index contributed by atoms with van der Waals surface area (Å²) >= 11 is 0. The largest absolute Gasteiger partial charge is 0.490 e. The highest BCUT2D eigenvalue weighted by Crippen LogP contribution is 2.27. The maximum Gasteiger partial charge on any atom is 0.410 e. The number of rotatable bonds is 13. The Morgan fingerprint density at radius 3 is 2.39 bits per heavy atom. The predicted molar refractivity (Wildman–Crippen MR) is 147 cm³/mol. The van der Waals surface area contributed by atoms with E-state index >= 15 is 0 Å². The number of aromatic nitrogens is 2. The van der Waals surface area contributed by atoms with Crippen molar-refractivity contribution in [3.63, 3.8) is 0 Å². The van der Waals surface area contributed by atoms with E-state index in [4.69, 9.17) is 33.2 Å². The number of carboxylic acids is 1. The second-order valence-electron chi connectivity index (χ2n) is 10.3. The van der Waals surface area contributed by atoms with E-state index in [0.29, 0.717) is 74.6 Å². The zero-order valence-corrected chi connectivity index (χ0v) is 23.5. The molecular weight excluding hydrogens is 536 g/mol. The molecule has 13 heteroatoms. The first kappa shape index (κ1) is 29.9. The van der Waals surface area contributed by atoms with Crippen LogP contribution in [0, 0.1) is 0 Å². The molecule has 1 saturated heterocycles. The van der Waals surface area contributed by atoms with Gasteiger partial charge in [0.05, 0.1) is 31.7 Å². The first-order valence-corrected chi connectivity index (χ1v) is 13.4. The minimum absolute atomic E-state index is 0.210. The van der Waals surface area contributed by atoms with E-state index in [2.05, 4.69) is 9.97 Å². The third-order valence-corrected chi connectivity index (χ3v) is 5.83. The zero-order valence-electron chi connectivity index (χ0n) is 23.5. The molecule has 0 aliphatic carbocycles. The number of hydrogen-bond donors (Lipinski definition) is 1. The standard InChI is InChI=1S/C28H36N4O9/c1-28(2,3)41-27(35)32-10-8-31(9-11-32)26-30-23-16-21(6-7-24(23)40-26)39-18-20-4-5-22(17-29-20)38-15-14-36-12-13-37-19-25(33)34/h4-7,16-17H,8-15,18-19H2,1-3H3,(H,33,34). The minimum atomic E-state index is -1.01. The highest BCUT2D eigenvalue weighted by molar-refractivity contribution is 5.76. The molecular formula is C28H36N4O9. The van der Waals surface area contributed by atoms with Gasteiger partial charge >= 0.3 is 12.1 Å². The average molecular weight is 573 g/mol. The van der Waals surface area contributed by atoms with Gasteiger partial charge in [0.15, 0.2) is 5.58 Å². The van der Waals surface area contributed by atoms with Crippen LogP contribution in [0.1, 0.15) is 26.5 Å². The van der Waals surface area contributed by atoms with Crippen molar-refractivity contribution in [2.24, 2.45) is 0 Å². The number of carbonyl (C=O) groups is 2. The molecule has 3 aromatic rings. The number of anilines is 1. The number of pyridine rings is 1. The Hall–Kier alpha value is -4.10. The number of nitrogens with zero attached hydrogens (tertiary/aromatic N) is 4. The first-order valence-electron chi connectivity index (χ1n) is 13.4. The summed E-state index contributed by atoms with van der Waals surface area (Å²) in [7, 11) is 0. The van der Waals surface area contributed by atoms with E-state index in [1.54, 1.807) is 17.2 Å².